The van der Waals surface area contributed by atoms with E-state index in [9.17, 15) is 4.79 Å². The summed E-state index contributed by atoms with van der Waals surface area (Å²) in [6.45, 7) is 5.86. The van der Waals surface area contributed by atoms with Gasteiger partial charge in [-0.05, 0) is 24.5 Å². The highest BCUT2D eigenvalue weighted by Crippen LogP contribution is 2.08. The summed E-state index contributed by atoms with van der Waals surface area (Å²) >= 11 is 0. The van der Waals surface area contributed by atoms with Crippen LogP contribution in [0, 0.1) is 0 Å². The number of hydrogen-bond donors (Lipinski definition) is 0. The molecule has 0 fully saturated rings. The van der Waals surface area contributed by atoms with Gasteiger partial charge >= 0.3 is 0 Å². The van der Waals surface area contributed by atoms with E-state index in [2.05, 4.69) is 11.6 Å². The fraction of sp³-hybridized carbons (Fsp3) is 0.385. The number of Topliss-reactive ketones (excluding diaryl/α,β-unsaturated/α-hetero) is 1. The Kier molecular flexibility index (Phi) is 4.75. The second-order valence-corrected chi connectivity index (χ2v) is 3.68. The third kappa shape index (κ3) is 4.54. The maximum absolute atomic E-state index is 11.5. The number of nitrogens with zero attached hydrogens (tertiary/aromatic N) is 1. The lowest BCUT2D eigenvalue weighted by Gasteiger charge is -2.02. The van der Waals surface area contributed by atoms with Crippen LogP contribution in [0.5, 0.6) is 0 Å². The minimum absolute atomic E-state index is 0.269. The van der Waals surface area contributed by atoms with E-state index in [1.165, 1.54) is 0 Å². The molecule has 0 aliphatic heterocycles. The number of aryl methyl sites for hydroxylation is 1. The Labute approximate surface area is 91.0 Å². The standard InChI is InChI=1S/C13H17NO/c1-3-11(2)9-13(15)7-6-12-5-4-8-14-10-12/h4-5,8,10H,2-3,6-7,9H2,1H3. The molecule has 0 aliphatic carbocycles. The van der Waals surface area contributed by atoms with Crippen LogP contribution in [0.25, 0.3) is 0 Å². The van der Waals surface area contributed by atoms with Crippen LogP contribution in [0.4, 0.5) is 0 Å². The second-order valence-electron chi connectivity index (χ2n) is 3.68. The molecule has 0 amide bonds. The van der Waals surface area contributed by atoms with Gasteiger partial charge in [-0.2, -0.15) is 0 Å². The van der Waals surface area contributed by atoms with E-state index in [0.717, 1.165) is 24.0 Å². The maximum Gasteiger partial charge on any atom is 0.137 e. The normalized spacial score (nSPS) is 9.93. The van der Waals surface area contributed by atoms with Crippen LogP contribution >= 0.6 is 0 Å². The molecule has 0 aliphatic rings. The van der Waals surface area contributed by atoms with Crippen molar-refractivity contribution < 1.29 is 4.79 Å². The zero-order valence-electron chi connectivity index (χ0n) is 9.20. The van der Waals surface area contributed by atoms with Crippen molar-refractivity contribution in [2.75, 3.05) is 0 Å². The van der Waals surface area contributed by atoms with Gasteiger partial charge in [-0.3, -0.25) is 9.78 Å². The van der Waals surface area contributed by atoms with Crippen molar-refractivity contribution in [1.82, 2.24) is 4.98 Å². The van der Waals surface area contributed by atoms with Gasteiger partial charge in [0.25, 0.3) is 0 Å². The third-order valence-electron chi connectivity index (χ3n) is 2.36. The van der Waals surface area contributed by atoms with Gasteiger partial charge in [0.05, 0.1) is 0 Å². The number of carbonyl (C=O) groups is 1. The zero-order chi connectivity index (χ0) is 11.1. The molecule has 1 rings (SSSR count). The molecule has 0 atom stereocenters. The quantitative estimate of drug-likeness (QED) is 0.665. The number of ketones is 1. The molecule has 1 heterocycles. The zero-order valence-corrected chi connectivity index (χ0v) is 9.20. The van der Waals surface area contributed by atoms with Crippen LogP contribution < -0.4 is 0 Å². The van der Waals surface area contributed by atoms with Gasteiger partial charge < -0.3 is 0 Å². The van der Waals surface area contributed by atoms with E-state index < -0.39 is 0 Å². The predicted octanol–water partition coefficient (Wildman–Crippen LogP) is 2.94. The molecule has 0 bridgehead atoms. The summed E-state index contributed by atoms with van der Waals surface area (Å²) in [6.07, 6.45) is 6.33. The van der Waals surface area contributed by atoms with Crippen LogP contribution in [0.15, 0.2) is 36.7 Å². The number of pyridine rings is 1. The van der Waals surface area contributed by atoms with Crippen molar-refractivity contribution in [3.05, 3.63) is 42.2 Å². The van der Waals surface area contributed by atoms with Crippen molar-refractivity contribution in [3.8, 4) is 0 Å². The van der Waals surface area contributed by atoms with Gasteiger partial charge in [0.2, 0.25) is 0 Å². The van der Waals surface area contributed by atoms with Crippen molar-refractivity contribution >= 4 is 5.78 Å². The number of aromatic nitrogens is 1. The third-order valence-corrected chi connectivity index (χ3v) is 2.36. The van der Waals surface area contributed by atoms with E-state index in [-0.39, 0.29) is 5.78 Å². The van der Waals surface area contributed by atoms with Crippen LogP contribution in [0.3, 0.4) is 0 Å². The molecular weight excluding hydrogens is 186 g/mol. The second kappa shape index (κ2) is 6.12. The Hall–Kier alpha value is -1.44. The Morgan fingerprint density at radius 1 is 1.53 bits per heavy atom. The first-order valence-electron chi connectivity index (χ1n) is 5.29. The molecule has 0 radical (unpaired) electrons. The number of rotatable bonds is 6. The lowest BCUT2D eigenvalue weighted by Crippen LogP contribution is -2.01. The number of hydrogen-bond acceptors (Lipinski definition) is 2. The van der Waals surface area contributed by atoms with Crippen molar-refractivity contribution in [2.24, 2.45) is 0 Å². The van der Waals surface area contributed by atoms with Crippen molar-refractivity contribution in [1.29, 1.82) is 0 Å². The molecule has 0 aromatic carbocycles. The Morgan fingerprint density at radius 2 is 2.33 bits per heavy atom. The summed E-state index contributed by atoms with van der Waals surface area (Å²) in [4.78, 5) is 15.5. The summed E-state index contributed by atoms with van der Waals surface area (Å²) in [6, 6.07) is 3.89. The van der Waals surface area contributed by atoms with Crippen LogP contribution in [0.2, 0.25) is 0 Å². The SMILES string of the molecule is C=C(CC)CC(=O)CCc1cccnc1. The lowest BCUT2D eigenvalue weighted by molar-refractivity contribution is -0.118. The fourth-order valence-corrected chi connectivity index (χ4v) is 1.32. The van der Waals surface area contributed by atoms with Gasteiger partial charge in [0.1, 0.15) is 5.78 Å². The highest BCUT2D eigenvalue weighted by molar-refractivity contribution is 5.80. The molecule has 2 heteroatoms. The topological polar surface area (TPSA) is 30.0 Å². The first kappa shape index (κ1) is 11.6. The van der Waals surface area contributed by atoms with Gasteiger partial charge in [0, 0.05) is 25.2 Å². The molecule has 0 saturated heterocycles. The minimum atomic E-state index is 0.269. The molecular formula is C13H17NO. The van der Waals surface area contributed by atoms with Gasteiger partial charge in [-0.15, -0.1) is 0 Å². The molecule has 15 heavy (non-hydrogen) atoms. The average molecular weight is 203 g/mol. The van der Waals surface area contributed by atoms with E-state index in [4.69, 9.17) is 0 Å². The maximum atomic E-state index is 11.5. The molecule has 80 valence electrons. The van der Waals surface area contributed by atoms with Crippen molar-refractivity contribution in [2.45, 2.75) is 32.6 Å². The van der Waals surface area contributed by atoms with Gasteiger partial charge in [0.15, 0.2) is 0 Å². The highest BCUT2D eigenvalue weighted by atomic mass is 16.1. The van der Waals surface area contributed by atoms with E-state index >= 15 is 0 Å². The molecule has 0 unspecified atom stereocenters. The monoisotopic (exact) mass is 203 g/mol. The fourth-order valence-electron chi connectivity index (χ4n) is 1.32. The van der Waals surface area contributed by atoms with Crippen LogP contribution in [0.1, 0.15) is 31.7 Å². The summed E-state index contributed by atoms with van der Waals surface area (Å²) in [5.41, 5.74) is 2.14. The summed E-state index contributed by atoms with van der Waals surface area (Å²) in [5, 5.41) is 0. The number of allylic oxidation sites excluding steroid dienone is 1. The molecule has 0 spiro atoms. The minimum Gasteiger partial charge on any atom is -0.299 e. The largest absolute Gasteiger partial charge is 0.299 e. The molecule has 2 nitrogen and oxygen atoms in total. The first-order chi connectivity index (χ1) is 7.22. The highest BCUT2D eigenvalue weighted by Gasteiger charge is 2.03. The lowest BCUT2D eigenvalue weighted by atomic mass is 10.0. The Balaban J connectivity index is 2.32. The van der Waals surface area contributed by atoms with E-state index in [1.54, 1.807) is 6.20 Å². The molecule has 0 saturated carbocycles. The summed E-state index contributed by atoms with van der Waals surface area (Å²) in [5.74, 6) is 0.269. The van der Waals surface area contributed by atoms with E-state index in [1.807, 2.05) is 25.3 Å². The summed E-state index contributed by atoms with van der Waals surface area (Å²) in [7, 11) is 0. The van der Waals surface area contributed by atoms with Crippen LogP contribution in [-0.4, -0.2) is 10.8 Å². The Morgan fingerprint density at radius 3 is 2.93 bits per heavy atom. The molecule has 0 N–H and O–H groups in total. The van der Waals surface area contributed by atoms with Gasteiger partial charge in [-0.1, -0.05) is 25.1 Å². The Bertz CT molecular complexity index is 330. The first-order valence-corrected chi connectivity index (χ1v) is 5.29. The molecule has 1 aromatic rings. The molecule has 1 aromatic heterocycles. The van der Waals surface area contributed by atoms with Gasteiger partial charge in [-0.25, -0.2) is 0 Å². The van der Waals surface area contributed by atoms with Crippen LogP contribution in [-0.2, 0) is 11.2 Å². The average Bonchev–Trinajstić information content (AvgIpc) is 2.27. The predicted molar refractivity (Wildman–Crippen MR) is 61.6 cm³/mol. The van der Waals surface area contributed by atoms with E-state index in [0.29, 0.717) is 12.8 Å². The van der Waals surface area contributed by atoms with Crippen molar-refractivity contribution in [3.63, 3.8) is 0 Å². The number of carbonyl (C=O) groups excluding carboxylic acids is 1. The summed E-state index contributed by atoms with van der Waals surface area (Å²) < 4.78 is 0. The smallest absolute Gasteiger partial charge is 0.137 e.